The van der Waals surface area contributed by atoms with Crippen LogP contribution in [0.4, 0.5) is 0 Å². The Morgan fingerprint density at radius 2 is 1.92 bits per heavy atom. The molecular formula is C11H23NO. The molecule has 3 atom stereocenters. The van der Waals surface area contributed by atoms with E-state index in [1.807, 2.05) is 6.92 Å². The molecule has 2 heteroatoms. The van der Waals surface area contributed by atoms with Gasteiger partial charge in [0.15, 0.2) is 0 Å². The summed E-state index contributed by atoms with van der Waals surface area (Å²) in [5.41, 5.74) is 5.43. The molecule has 0 heterocycles. The molecule has 0 spiro atoms. The Hall–Kier alpha value is -0.0800. The van der Waals surface area contributed by atoms with Gasteiger partial charge in [-0.3, -0.25) is 0 Å². The van der Waals surface area contributed by atoms with E-state index >= 15 is 0 Å². The minimum absolute atomic E-state index is 0.116. The van der Waals surface area contributed by atoms with Crippen molar-refractivity contribution >= 4 is 0 Å². The van der Waals surface area contributed by atoms with Gasteiger partial charge in [-0.2, -0.15) is 0 Å². The molecule has 0 bridgehead atoms. The van der Waals surface area contributed by atoms with Crippen LogP contribution >= 0.6 is 0 Å². The van der Waals surface area contributed by atoms with Gasteiger partial charge in [0.05, 0.1) is 5.60 Å². The van der Waals surface area contributed by atoms with E-state index in [1.165, 1.54) is 6.42 Å². The fourth-order valence-electron chi connectivity index (χ4n) is 2.94. The first kappa shape index (κ1) is 11.0. The minimum atomic E-state index is -0.638. The standard InChI is InChI=1S/C11H23NO/c1-8-5-10(3,4)7-11(13,6-8)9(2)12/h8-9,13H,5-7,12H2,1-4H3. The molecule has 1 fully saturated rings. The molecule has 0 aromatic rings. The highest BCUT2D eigenvalue weighted by Gasteiger charge is 2.43. The van der Waals surface area contributed by atoms with Crippen molar-refractivity contribution in [2.24, 2.45) is 17.1 Å². The Labute approximate surface area is 81.5 Å². The maximum atomic E-state index is 10.3. The summed E-state index contributed by atoms with van der Waals surface area (Å²) in [6.07, 6.45) is 2.89. The van der Waals surface area contributed by atoms with Gasteiger partial charge in [0.1, 0.15) is 0 Å². The van der Waals surface area contributed by atoms with E-state index in [-0.39, 0.29) is 11.5 Å². The van der Waals surface area contributed by atoms with Crippen molar-refractivity contribution in [1.29, 1.82) is 0 Å². The number of aliphatic hydroxyl groups is 1. The maximum absolute atomic E-state index is 10.3. The van der Waals surface area contributed by atoms with Crippen molar-refractivity contribution in [3.05, 3.63) is 0 Å². The quantitative estimate of drug-likeness (QED) is 0.655. The average molecular weight is 185 g/mol. The van der Waals surface area contributed by atoms with E-state index in [9.17, 15) is 5.11 Å². The molecule has 1 aliphatic carbocycles. The lowest BCUT2D eigenvalue weighted by molar-refractivity contribution is -0.0716. The zero-order valence-corrected chi connectivity index (χ0v) is 9.30. The van der Waals surface area contributed by atoms with E-state index in [0.29, 0.717) is 5.92 Å². The lowest BCUT2D eigenvalue weighted by atomic mass is 9.64. The Balaban J connectivity index is 2.78. The second-order valence-corrected chi connectivity index (χ2v) is 5.75. The summed E-state index contributed by atoms with van der Waals surface area (Å²) in [4.78, 5) is 0. The number of rotatable bonds is 1. The molecule has 1 rings (SSSR count). The van der Waals surface area contributed by atoms with Crippen molar-refractivity contribution in [2.75, 3.05) is 0 Å². The highest BCUT2D eigenvalue weighted by Crippen LogP contribution is 2.44. The smallest absolute Gasteiger partial charge is 0.0802 e. The fourth-order valence-corrected chi connectivity index (χ4v) is 2.94. The first-order chi connectivity index (χ1) is 5.75. The second kappa shape index (κ2) is 3.25. The van der Waals surface area contributed by atoms with Gasteiger partial charge in [-0.1, -0.05) is 20.8 Å². The molecule has 3 unspecified atom stereocenters. The largest absolute Gasteiger partial charge is 0.388 e. The van der Waals surface area contributed by atoms with Crippen LogP contribution in [0.3, 0.4) is 0 Å². The van der Waals surface area contributed by atoms with Crippen molar-refractivity contribution in [2.45, 2.75) is 58.6 Å². The van der Waals surface area contributed by atoms with Crippen LogP contribution in [0.1, 0.15) is 47.0 Å². The monoisotopic (exact) mass is 185 g/mol. The molecule has 0 aliphatic heterocycles. The third kappa shape index (κ3) is 2.44. The molecule has 13 heavy (non-hydrogen) atoms. The van der Waals surface area contributed by atoms with Crippen molar-refractivity contribution in [3.63, 3.8) is 0 Å². The molecule has 78 valence electrons. The van der Waals surface area contributed by atoms with E-state index < -0.39 is 5.60 Å². The Morgan fingerprint density at radius 1 is 1.38 bits per heavy atom. The number of nitrogens with two attached hydrogens (primary N) is 1. The topological polar surface area (TPSA) is 46.2 Å². The fraction of sp³-hybridized carbons (Fsp3) is 1.00. The molecule has 0 aromatic heterocycles. The molecule has 1 saturated carbocycles. The van der Waals surface area contributed by atoms with Gasteiger partial charge in [-0.25, -0.2) is 0 Å². The van der Waals surface area contributed by atoms with Gasteiger partial charge in [0.2, 0.25) is 0 Å². The first-order valence-electron chi connectivity index (χ1n) is 5.23. The molecule has 1 aliphatic rings. The summed E-state index contributed by atoms with van der Waals surface area (Å²) in [7, 11) is 0. The summed E-state index contributed by atoms with van der Waals surface area (Å²) in [5, 5.41) is 10.3. The Morgan fingerprint density at radius 3 is 2.31 bits per heavy atom. The normalized spacial score (nSPS) is 41.5. The summed E-state index contributed by atoms with van der Waals surface area (Å²) in [6.45, 7) is 8.55. The summed E-state index contributed by atoms with van der Waals surface area (Å²) < 4.78 is 0. The summed E-state index contributed by atoms with van der Waals surface area (Å²) >= 11 is 0. The zero-order valence-electron chi connectivity index (χ0n) is 9.30. The number of hydrogen-bond acceptors (Lipinski definition) is 2. The Kier molecular flexibility index (Phi) is 2.75. The van der Waals surface area contributed by atoms with Crippen molar-refractivity contribution in [1.82, 2.24) is 0 Å². The van der Waals surface area contributed by atoms with E-state index in [2.05, 4.69) is 20.8 Å². The molecule has 0 radical (unpaired) electrons. The van der Waals surface area contributed by atoms with E-state index in [4.69, 9.17) is 5.73 Å². The first-order valence-corrected chi connectivity index (χ1v) is 5.23. The van der Waals surface area contributed by atoms with Crippen LogP contribution in [0.15, 0.2) is 0 Å². The predicted octanol–water partition coefficient (Wildman–Crippen LogP) is 1.91. The van der Waals surface area contributed by atoms with E-state index in [0.717, 1.165) is 12.8 Å². The zero-order chi connectivity index (χ0) is 10.3. The van der Waals surface area contributed by atoms with Gasteiger partial charge in [-0.05, 0) is 37.5 Å². The van der Waals surface area contributed by atoms with Crippen LogP contribution in [-0.4, -0.2) is 16.7 Å². The Bertz CT molecular complexity index is 189. The summed E-state index contributed by atoms with van der Waals surface area (Å²) in [5.74, 6) is 0.583. The molecule has 2 nitrogen and oxygen atoms in total. The molecule has 0 saturated heterocycles. The van der Waals surface area contributed by atoms with Gasteiger partial charge in [-0.15, -0.1) is 0 Å². The van der Waals surface area contributed by atoms with Crippen LogP contribution < -0.4 is 5.73 Å². The highest BCUT2D eigenvalue weighted by molar-refractivity contribution is 4.97. The molecule has 0 amide bonds. The van der Waals surface area contributed by atoms with Gasteiger partial charge < -0.3 is 10.8 Å². The maximum Gasteiger partial charge on any atom is 0.0802 e. The van der Waals surface area contributed by atoms with Crippen LogP contribution in [0.2, 0.25) is 0 Å². The number of hydrogen-bond donors (Lipinski definition) is 2. The third-order valence-electron chi connectivity index (χ3n) is 3.24. The molecule has 0 aromatic carbocycles. The van der Waals surface area contributed by atoms with Gasteiger partial charge in [0, 0.05) is 6.04 Å². The lowest BCUT2D eigenvalue weighted by Crippen LogP contribution is -2.52. The SMILES string of the molecule is CC1CC(C)(C)CC(O)(C(C)N)C1. The van der Waals surface area contributed by atoms with Gasteiger partial charge >= 0.3 is 0 Å². The lowest BCUT2D eigenvalue weighted by Gasteiger charge is -2.46. The van der Waals surface area contributed by atoms with Crippen molar-refractivity contribution in [3.8, 4) is 0 Å². The van der Waals surface area contributed by atoms with E-state index in [1.54, 1.807) is 0 Å². The van der Waals surface area contributed by atoms with Crippen LogP contribution in [0, 0.1) is 11.3 Å². The van der Waals surface area contributed by atoms with Gasteiger partial charge in [0.25, 0.3) is 0 Å². The van der Waals surface area contributed by atoms with Crippen LogP contribution in [0.25, 0.3) is 0 Å². The third-order valence-corrected chi connectivity index (χ3v) is 3.24. The molecular weight excluding hydrogens is 162 g/mol. The second-order valence-electron chi connectivity index (χ2n) is 5.75. The highest BCUT2D eigenvalue weighted by atomic mass is 16.3. The average Bonchev–Trinajstić information content (AvgIpc) is 1.79. The summed E-state index contributed by atoms with van der Waals surface area (Å²) in [6, 6.07) is -0.116. The minimum Gasteiger partial charge on any atom is -0.388 e. The van der Waals surface area contributed by atoms with Crippen LogP contribution in [-0.2, 0) is 0 Å². The van der Waals surface area contributed by atoms with Crippen LogP contribution in [0.5, 0.6) is 0 Å². The predicted molar refractivity (Wildman–Crippen MR) is 55.4 cm³/mol. The van der Waals surface area contributed by atoms with Crippen molar-refractivity contribution < 1.29 is 5.11 Å². The molecule has 3 N–H and O–H groups in total.